The third kappa shape index (κ3) is 3.76. The van der Waals surface area contributed by atoms with Gasteiger partial charge >= 0.3 is 5.97 Å². The van der Waals surface area contributed by atoms with Crippen LogP contribution < -0.4 is 5.32 Å². The number of terminal acetylenes is 1. The fraction of sp³-hybridized carbons (Fsp3) is 0.308. The first-order valence-corrected chi connectivity index (χ1v) is 5.09. The zero-order chi connectivity index (χ0) is 11.8. The van der Waals surface area contributed by atoms with Crippen LogP contribution in [0.3, 0.4) is 0 Å². The fourth-order valence-corrected chi connectivity index (χ4v) is 1.27. The number of hydrogen-bond donors (Lipinski definition) is 1. The first kappa shape index (κ1) is 12.3. The molecule has 0 atom stereocenters. The van der Waals surface area contributed by atoms with Crippen LogP contribution in [0.5, 0.6) is 0 Å². The predicted octanol–water partition coefficient (Wildman–Crippen LogP) is 1.59. The van der Waals surface area contributed by atoms with Gasteiger partial charge in [0.15, 0.2) is 0 Å². The largest absolute Gasteiger partial charge is 0.465 e. The Bertz CT molecular complexity index is 376. The molecule has 0 amide bonds. The van der Waals surface area contributed by atoms with E-state index < -0.39 is 0 Å². The number of esters is 1. The highest BCUT2D eigenvalue weighted by molar-refractivity contribution is 5.89. The molecule has 0 saturated carbocycles. The number of ether oxygens (including phenoxy) is 1. The van der Waals surface area contributed by atoms with Crippen LogP contribution in [0.1, 0.15) is 22.3 Å². The van der Waals surface area contributed by atoms with Gasteiger partial charge in [0, 0.05) is 19.5 Å². The zero-order valence-corrected chi connectivity index (χ0v) is 9.32. The molecule has 1 aromatic rings. The van der Waals surface area contributed by atoms with E-state index in [0.717, 1.165) is 25.1 Å². The van der Waals surface area contributed by atoms with E-state index in [0.29, 0.717) is 5.56 Å². The second-order valence-electron chi connectivity index (χ2n) is 3.32. The molecule has 0 heterocycles. The maximum atomic E-state index is 11.2. The van der Waals surface area contributed by atoms with Crippen molar-refractivity contribution < 1.29 is 9.53 Å². The van der Waals surface area contributed by atoms with Crippen LogP contribution in [0.4, 0.5) is 0 Å². The van der Waals surface area contributed by atoms with Crippen LogP contribution in [-0.2, 0) is 11.3 Å². The Balaban J connectivity index is 2.46. The summed E-state index contributed by atoms with van der Waals surface area (Å²) in [5, 5.41) is 3.21. The minimum atomic E-state index is -0.313. The van der Waals surface area contributed by atoms with Crippen molar-refractivity contribution in [3.8, 4) is 12.3 Å². The lowest BCUT2D eigenvalue weighted by Crippen LogP contribution is -2.14. The molecule has 0 aliphatic carbocycles. The second kappa shape index (κ2) is 6.65. The van der Waals surface area contributed by atoms with Gasteiger partial charge in [-0.25, -0.2) is 4.79 Å². The van der Waals surface area contributed by atoms with Crippen LogP contribution in [0.25, 0.3) is 0 Å². The number of carbonyl (C=O) groups is 1. The van der Waals surface area contributed by atoms with Gasteiger partial charge in [-0.3, -0.25) is 0 Å². The zero-order valence-electron chi connectivity index (χ0n) is 9.32. The minimum absolute atomic E-state index is 0.313. The molecule has 0 aromatic heterocycles. The summed E-state index contributed by atoms with van der Waals surface area (Å²) in [5.74, 6) is 2.25. The lowest BCUT2D eigenvalue weighted by atomic mass is 10.1. The molecule has 0 aliphatic heterocycles. The molecule has 0 fully saturated rings. The summed E-state index contributed by atoms with van der Waals surface area (Å²) in [6.45, 7) is 1.55. The van der Waals surface area contributed by atoms with Crippen LogP contribution in [0.2, 0.25) is 0 Å². The molecule has 0 spiro atoms. The van der Waals surface area contributed by atoms with Gasteiger partial charge in [-0.05, 0) is 17.7 Å². The Labute approximate surface area is 95.8 Å². The molecular weight excluding hydrogens is 202 g/mol. The SMILES string of the molecule is C#CCCNCc1ccc(C(=O)OC)cc1. The Hall–Kier alpha value is -1.79. The average molecular weight is 217 g/mol. The molecular formula is C13H15NO2. The molecule has 84 valence electrons. The predicted molar refractivity (Wildman–Crippen MR) is 62.9 cm³/mol. The Morgan fingerprint density at radius 1 is 1.44 bits per heavy atom. The standard InChI is InChI=1S/C13H15NO2/c1-3-4-9-14-10-11-5-7-12(8-6-11)13(15)16-2/h1,5-8,14H,4,9-10H2,2H3. The number of methoxy groups -OCH3 is 1. The van der Waals surface area contributed by atoms with Crippen molar-refractivity contribution in [2.75, 3.05) is 13.7 Å². The minimum Gasteiger partial charge on any atom is -0.465 e. The maximum Gasteiger partial charge on any atom is 0.337 e. The first-order chi connectivity index (χ1) is 7.77. The van der Waals surface area contributed by atoms with E-state index in [1.54, 1.807) is 12.1 Å². The van der Waals surface area contributed by atoms with Gasteiger partial charge in [-0.15, -0.1) is 12.3 Å². The summed E-state index contributed by atoms with van der Waals surface area (Å²) in [4.78, 5) is 11.2. The number of benzene rings is 1. The van der Waals surface area contributed by atoms with Crippen molar-refractivity contribution in [2.45, 2.75) is 13.0 Å². The number of hydrogen-bond acceptors (Lipinski definition) is 3. The first-order valence-electron chi connectivity index (χ1n) is 5.09. The van der Waals surface area contributed by atoms with E-state index in [4.69, 9.17) is 6.42 Å². The summed E-state index contributed by atoms with van der Waals surface area (Å²) in [5.41, 5.74) is 1.68. The van der Waals surface area contributed by atoms with Gasteiger partial charge in [-0.2, -0.15) is 0 Å². The van der Waals surface area contributed by atoms with Crippen LogP contribution in [0, 0.1) is 12.3 Å². The average Bonchev–Trinajstić information content (AvgIpc) is 2.34. The number of carbonyl (C=O) groups excluding carboxylic acids is 1. The van der Waals surface area contributed by atoms with Gasteiger partial charge in [0.2, 0.25) is 0 Å². The number of rotatable bonds is 5. The van der Waals surface area contributed by atoms with Crippen molar-refractivity contribution in [3.63, 3.8) is 0 Å². The Morgan fingerprint density at radius 3 is 2.69 bits per heavy atom. The summed E-state index contributed by atoms with van der Waals surface area (Å²) in [7, 11) is 1.37. The molecule has 0 bridgehead atoms. The molecule has 0 aliphatic rings. The lowest BCUT2D eigenvalue weighted by molar-refractivity contribution is 0.0600. The van der Waals surface area contributed by atoms with E-state index in [2.05, 4.69) is 16.0 Å². The topological polar surface area (TPSA) is 38.3 Å². The monoisotopic (exact) mass is 217 g/mol. The normalized spacial score (nSPS) is 9.50. The van der Waals surface area contributed by atoms with Gasteiger partial charge in [0.25, 0.3) is 0 Å². The maximum absolute atomic E-state index is 11.2. The summed E-state index contributed by atoms with van der Waals surface area (Å²) >= 11 is 0. The van der Waals surface area contributed by atoms with Crippen LogP contribution >= 0.6 is 0 Å². The van der Waals surface area contributed by atoms with Crippen molar-refractivity contribution in [1.82, 2.24) is 5.32 Å². The van der Waals surface area contributed by atoms with Crippen LogP contribution in [0.15, 0.2) is 24.3 Å². The second-order valence-corrected chi connectivity index (χ2v) is 3.32. The van der Waals surface area contributed by atoms with Crippen LogP contribution in [-0.4, -0.2) is 19.6 Å². The number of nitrogens with one attached hydrogen (secondary N) is 1. The van der Waals surface area contributed by atoms with Crippen molar-refractivity contribution in [1.29, 1.82) is 0 Å². The smallest absolute Gasteiger partial charge is 0.337 e. The Morgan fingerprint density at radius 2 is 2.12 bits per heavy atom. The van der Waals surface area contributed by atoms with Gasteiger partial charge < -0.3 is 10.1 Å². The van der Waals surface area contributed by atoms with Gasteiger partial charge in [0.05, 0.1) is 12.7 Å². The molecule has 3 nitrogen and oxygen atoms in total. The molecule has 1 aromatic carbocycles. The Kier molecular flexibility index (Phi) is 5.10. The third-order valence-corrected chi connectivity index (χ3v) is 2.15. The van der Waals surface area contributed by atoms with E-state index in [9.17, 15) is 4.79 Å². The van der Waals surface area contributed by atoms with E-state index in [1.165, 1.54) is 7.11 Å². The lowest BCUT2D eigenvalue weighted by Gasteiger charge is -2.04. The molecule has 16 heavy (non-hydrogen) atoms. The molecule has 1 N–H and O–H groups in total. The highest BCUT2D eigenvalue weighted by Gasteiger charge is 2.03. The third-order valence-electron chi connectivity index (χ3n) is 2.15. The van der Waals surface area contributed by atoms with E-state index >= 15 is 0 Å². The van der Waals surface area contributed by atoms with Gasteiger partial charge in [0.1, 0.15) is 0 Å². The van der Waals surface area contributed by atoms with Gasteiger partial charge in [-0.1, -0.05) is 12.1 Å². The molecule has 0 saturated heterocycles. The summed E-state index contributed by atoms with van der Waals surface area (Å²) in [6, 6.07) is 7.30. The molecule has 0 radical (unpaired) electrons. The van der Waals surface area contributed by atoms with E-state index in [1.807, 2.05) is 12.1 Å². The fourth-order valence-electron chi connectivity index (χ4n) is 1.27. The summed E-state index contributed by atoms with van der Waals surface area (Å²) in [6.07, 6.45) is 5.86. The van der Waals surface area contributed by atoms with Crippen molar-refractivity contribution >= 4 is 5.97 Å². The molecule has 1 rings (SSSR count). The van der Waals surface area contributed by atoms with Crippen molar-refractivity contribution in [3.05, 3.63) is 35.4 Å². The van der Waals surface area contributed by atoms with Crippen molar-refractivity contribution in [2.24, 2.45) is 0 Å². The quantitative estimate of drug-likeness (QED) is 0.462. The molecule has 3 heteroatoms. The highest BCUT2D eigenvalue weighted by atomic mass is 16.5. The highest BCUT2D eigenvalue weighted by Crippen LogP contribution is 2.05. The molecule has 0 unspecified atom stereocenters. The van der Waals surface area contributed by atoms with E-state index in [-0.39, 0.29) is 5.97 Å². The summed E-state index contributed by atoms with van der Waals surface area (Å²) < 4.78 is 4.61.